The lowest BCUT2D eigenvalue weighted by atomic mass is 9.66. The standard InChI is InChI=1S/C17H24FNO2/c1-11(2)16-14-6-5-13(18)9-12(14)7-8-17(16,21)10-15(20)19(3)4/h5-6,9,11,16,21H,7-8,10H2,1-4H3. The van der Waals surface area contributed by atoms with Gasteiger partial charge in [-0.15, -0.1) is 0 Å². The molecule has 0 aliphatic heterocycles. The van der Waals surface area contributed by atoms with Crippen molar-refractivity contribution in [3.05, 3.63) is 35.1 Å². The molecule has 0 fully saturated rings. The van der Waals surface area contributed by atoms with E-state index in [2.05, 4.69) is 0 Å². The van der Waals surface area contributed by atoms with E-state index in [0.717, 1.165) is 11.1 Å². The monoisotopic (exact) mass is 293 g/mol. The Bertz CT molecular complexity index is 542. The first-order valence-electron chi connectivity index (χ1n) is 7.45. The van der Waals surface area contributed by atoms with Gasteiger partial charge in [0.1, 0.15) is 5.82 Å². The van der Waals surface area contributed by atoms with Crippen molar-refractivity contribution in [3.8, 4) is 0 Å². The van der Waals surface area contributed by atoms with E-state index in [-0.39, 0.29) is 30.0 Å². The number of nitrogens with zero attached hydrogens (tertiary/aromatic N) is 1. The maximum absolute atomic E-state index is 13.4. The van der Waals surface area contributed by atoms with Crippen molar-refractivity contribution in [3.63, 3.8) is 0 Å². The van der Waals surface area contributed by atoms with Gasteiger partial charge in [0.2, 0.25) is 5.91 Å². The second-order valence-electron chi connectivity index (χ2n) is 6.63. The van der Waals surface area contributed by atoms with E-state index in [9.17, 15) is 14.3 Å². The average Bonchev–Trinajstić information content (AvgIpc) is 2.38. The summed E-state index contributed by atoms with van der Waals surface area (Å²) in [6.45, 7) is 4.07. The normalized spacial score (nSPS) is 24.8. The molecule has 1 aliphatic carbocycles. The summed E-state index contributed by atoms with van der Waals surface area (Å²) in [6.07, 6.45) is 1.21. The Morgan fingerprint density at radius 3 is 2.71 bits per heavy atom. The third-order valence-electron chi connectivity index (χ3n) is 4.47. The van der Waals surface area contributed by atoms with Gasteiger partial charge < -0.3 is 10.0 Å². The number of aryl methyl sites for hydroxylation is 1. The van der Waals surface area contributed by atoms with Gasteiger partial charge in [-0.1, -0.05) is 19.9 Å². The molecule has 21 heavy (non-hydrogen) atoms. The Kier molecular flexibility index (Phi) is 4.38. The Labute approximate surface area is 125 Å². The van der Waals surface area contributed by atoms with Crippen LogP contribution >= 0.6 is 0 Å². The van der Waals surface area contributed by atoms with Crippen LogP contribution in [0.5, 0.6) is 0 Å². The fraction of sp³-hybridized carbons (Fsp3) is 0.588. The number of aliphatic hydroxyl groups is 1. The molecule has 116 valence electrons. The van der Waals surface area contributed by atoms with E-state index in [4.69, 9.17) is 0 Å². The SMILES string of the molecule is CC(C)C1c2ccc(F)cc2CCC1(O)CC(=O)N(C)C. The van der Waals surface area contributed by atoms with E-state index in [1.807, 2.05) is 13.8 Å². The van der Waals surface area contributed by atoms with Crippen molar-refractivity contribution in [2.24, 2.45) is 5.92 Å². The number of carbonyl (C=O) groups excluding carboxylic acids is 1. The van der Waals surface area contributed by atoms with Crippen molar-refractivity contribution < 1.29 is 14.3 Å². The van der Waals surface area contributed by atoms with E-state index in [1.54, 1.807) is 26.2 Å². The Morgan fingerprint density at radius 1 is 1.48 bits per heavy atom. The highest BCUT2D eigenvalue weighted by Gasteiger charge is 2.44. The zero-order valence-electron chi connectivity index (χ0n) is 13.2. The second kappa shape index (κ2) is 5.76. The average molecular weight is 293 g/mol. The van der Waals surface area contributed by atoms with Crippen molar-refractivity contribution in [1.29, 1.82) is 0 Å². The summed E-state index contributed by atoms with van der Waals surface area (Å²) < 4.78 is 13.4. The highest BCUT2D eigenvalue weighted by atomic mass is 19.1. The van der Waals surface area contributed by atoms with Gasteiger partial charge in [-0.25, -0.2) is 4.39 Å². The molecule has 2 rings (SSSR count). The van der Waals surface area contributed by atoms with Crippen LogP contribution in [-0.4, -0.2) is 35.6 Å². The fourth-order valence-electron chi connectivity index (χ4n) is 3.49. The van der Waals surface area contributed by atoms with Crippen LogP contribution in [0.3, 0.4) is 0 Å². The molecule has 2 atom stereocenters. The van der Waals surface area contributed by atoms with Crippen LogP contribution < -0.4 is 0 Å². The number of amides is 1. The summed E-state index contributed by atoms with van der Waals surface area (Å²) >= 11 is 0. The van der Waals surface area contributed by atoms with Gasteiger partial charge in [0.15, 0.2) is 0 Å². The Hall–Kier alpha value is -1.42. The van der Waals surface area contributed by atoms with Gasteiger partial charge in [-0.2, -0.15) is 0 Å². The summed E-state index contributed by atoms with van der Waals surface area (Å²) in [6, 6.07) is 4.76. The quantitative estimate of drug-likeness (QED) is 0.931. The Balaban J connectivity index is 2.40. The molecule has 0 spiro atoms. The predicted molar refractivity (Wildman–Crippen MR) is 80.6 cm³/mol. The molecule has 4 heteroatoms. The maximum Gasteiger partial charge on any atom is 0.224 e. The number of hydrogen-bond acceptors (Lipinski definition) is 2. The van der Waals surface area contributed by atoms with Crippen molar-refractivity contribution in [1.82, 2.24) is 4.90 Å². The van der Waals surface area contributed by atoms with Gasteiger partial charge >= 0.3 is 0 Å². The minimum atomic E-state index is -1.06. The molecular formula is C17H24FNO2. The molecule has 0 saturated heterocycles. The predicted octanol–water partition coefficient (Wildman–Crippen LogP) is 2.72. The molecule has 1 aromatic carbocycles. The number of fused-ring (bicyclic) bond motifs is 1. The van der Waals surface area contributed by atoms with Gasteiger partial charge in [-0.3, -0.25) is 4.79 Å². The van der Waals surface area contributed by atoms with E-state index in [0.29, 0.717) is 12.8 Å². The number of hydrogen-bond donors (Lipinski definition) is 1. The topological polar surface area (TPSA) is 40.5 Å². The molecule has 1 aliphatic rings. The third kappa shape index (κ3) is 3.10. The number of halogens is 1. The molecule has 3 nitrogen and oxygen atoms in total. The lowest BCUT2D eigenvalue weighted by molar-refractivity contribution is -0.136. The van der Waals surface area contributed by atoms with Crippen LogP contribution in [0.25, 0.3) is 0 Å². The molecule has 2 unspecified atom stereocenters. The maximum atomic E-state index is 13.4. The first-order chi connectivity index (χ1) is 9.74. The number of benzene rings is 1. The van der Waals surface area contributed by atoms with Gasteiger partial charge in [0, 0.05) is 20.0 Å². The molecule has 1 aromatic rings. The van der Waals surface area contributed by atoms with Crippen molar-refractivity contribution >= 4 is 5.91 Å². The summed E-state index contributed by atoms with van der Waals surface area (Å²) in [5, 5.41) is 11.1. The lowest BCUT2D eigenvalue weighted by Crippen LogP contribution is -2.46. The molecule has 0 bridgehead atoms. The second-order valence-corrected chi connectivity index (χ2v) is 6.63. The van der Waals surface area contributed by atoms with Crippen LogP contribution in [0.1, 0.15) is 43.7 Å². The van der Waals surface area contributed by atoms with Crippen LogP contribution in [-0.2, 0) is 11.2 Å². The van der Waals surface area contributed by atoms with E-state index in [1.165, 1.54) is 11.0 Å². The van der Waals surface area contributed by atoms with Crippen molar-refractivity contribution in [2.45, 2.75) is 44.6 Å². The van der Waals surface area contributed by atoms with E-state index >= 15 is 0 Å². The molecule has 0 aromatic heterocycles. The third-order valence-corrected chi connectivity index (χ3v) is 4.47. The molecule has 0 radical (unpaired) electrons. The summed E-state index contributed by atoms with van der Waals surface area (Å²) in [5.74, 6) is -0.292. The fourth-order valence-corrected chi connectivity index (χ4v) is 3.49. The smallest absolute Gasteiger partial charge is 0.224 e. The van der Waals surface area contributed by atoms with Gasteiger partial charge in [0.05, 0.1) is 12.0 Å². The zero-order chi connectivity index (χ0) is 15.8. The van der Waals surface area contributed by atoms with E-state index < -0.39 is 5.60 Å². The molecular weight excluding hydrogens is 269 g/mol. The minimum absolute atomic E-state index is 0.0753. The number of rotatable bonds is 3. The van der Waals surface area contributed by atoms with Gasteiger partial charge in [-0.05, 0) is 42.0 Å². The highest BCUT2D eigenvalue weighted by Crippen LogP contribution is 2.45. The minimum Gasteiger partial charge on any atom is -0.389 e. The van der Waals surface area contributed by atoms with Crippen molar-refractivity contribution in [2.75, 3.05) is 14.1 Å². The first kappa shape index (κ1) is 16.0. The largest absolute Gasteiger partial charge is 0.389 e. The number of carbonyl (C=O) groups is 1. The van der Waals surface area contributed by atoms with Crippen LogP contribution in [0.15, 0.2) is 18.2 Å². The summed E-state index contributed by atoms with van der Waals surface area (Å²) in [5.41, 5.74) is 0.878. The summed E-state index contributed by atoms with van der Waals surface area (Å²) in [4.78, 5) is 13.6. The highest BCUT2D eigenvalue weighted by molar-refractivity contribution is 5.77. The Morgan fingerprint density at radius 2 is 2.14 bits per heavy atom. The van der Waals surface area contributed by atoms with Crippen LogP contribution in [0.2, 0.25) is 0 Å². The summed E-state index contributed by atoms with van der Waals surface area (Å²) in [7, 11) is 3.39. The molecule has 0 saturated carbocycles. The molecule has 0 heterocycles. The first-order valence-corrected chi connectivity index (χ1v) is 7.45. The van der Waals surface area contributed by atoms with Gasteiger partial charge in [0.25, 0.3) is 0 Å². The van der Waals surface area contributed by atoms with Crippen LogP contribution in [0.4, 0.5) is 4.39 Å². The van der Waals surface area contributed by atoms with Crippen LogP contribution in [0, 0.1) is 11.7 Å². The molecule has 1 N–H and O–H groups in total. The molecule has 1 amide bonds. The zero-order valence-corrected chi connectivity index (χ0v) is 13.2. The lowest BCUT2D eigenvalue weighted by Gasteiger charge is -2.43.